The lowest BCUT2D eigenvalue weighted by Gasteiger charge is -2.25. The van der Waals surface area contributed by atoms with Crippen molar-refractivity contribution in [1.82, 2.24) is 19.7 Å². The van der Waals surface area contributed by atoms with Gasteiger partial charge in [-0.05, 0) is 32.6 Å². The maximum absolute atomic E-state index is 9.56. The summed E-state index contributed by atoms with van der Waals surface area (Å²) in [5.74, 6) is 0.277. The summed E-state index contributed by atoms with van der Waals surface area (Å²) in [7, 11) is 0. The van der Waals surface area contributed by atoms with E-state index in [1.54, 1.807) is 6.20 Å². The Balaban J connectivity index is 2.03. The minimum atomic E-state index is -0.163. The molecule has 3 N–H and O–H groups in total. The molecule has 2 heterocycles. The van der Waals surface area contributed by atoms with Gasteiger partial charge in [0.25, 0.3) is 0 Å². The summed E-state index contributed by atoms with van der Waals surface area (Å²) in [4.78, 5) is 8.31. The zero-order valence-electron chi connectivity index (χ0n) is 10.4. The summed E-state index contributed by atoms with van der Waals surface area (Å²) in [6.45, 7) is 1.95. The number of hydrogen-bond donors (Lipinski definition) is 2. The third-order valence-corrected chi connectivity index (χ3v) is 3.66. The second-order valence-electron chi connectivity index (χ2n) is 4.96. The number of aliphatic hydroxyl groups is 1. The number of hydrogen-bond acceptors (Lipinski definition) is 5. The fourth-order valence-corrected chi connectivity index (χ4v) is 2.64. The maximum atomic E-state index is 9.56. The zero-order chi connectivity index (χ0) is 12.7. The van der Waals surface area contributed by atoms with Gasteiger partial charge >= 0.3 is 0 Å². The smallest absolute Gasteiger partial charge is 0.222 e. The van der Waals surface area contributed by atoms with E-state index in [4.69, 9.17) is 5.73 Å². The molecule has 0 atom stereocenters. The van der Waals surface area contributed by atoms with Crippen LogP contribution in [0.15, 0.2) is 6.20 Å². The Hall–Kier alpha value is -1.69. The van der Waals surface area contributed by atoms with Gasteiger partial charge in [0.1, 0.15) is 0 Å². The summed E-state index contributed by atoms with van der Waals surface area (Å²) in [5, 5.41) is 15.1. The van der Waals surface area contributed by atoms with E-state index in [-0.39, 0.29) is 12.1 Å². The summed E-state index contributed by atoms with van der Waals surface area (Å²) < 4.78 is 1.95. The second-order valence-corrected chi connectivity index (χ2v) is 4.96. The number of nitrogen functional groups attached to an aromatic ring is 1. The van der Waals surface area contributed by atoms with Gasteiger partial charge in [0, 0.05) is 6.20 Å². The van der Waals surface area contributed by atoms with Crippen LogP contribution in [-0.4, -0.2) is 31.0 Å². The number of aliphatic hydroxyl groups excluding tert-OH is 1. The van der Waals surface area contributed by atoms with E-state index in [2.05, 4.69) is 15.1 Å². The molecule has 0 aromatic carbocycles. The van der Waals surface area contributed by atoms with Gasteiger partial charge in [-0.2, -0.15) is 10.1 Å². The normalized spacial score (nSPS) is 24.6. The standard InChI is InChI=1S/C12H17N5O/c1-7-10-6-14-12(13)15-11(10)17(16-7)8-2-4-9(18)5-3-8/h6,8-9,18H,2-5H2,1H3,(H2,13,14,15). The van der Waals surface area contributed by atoms with Gasteiger partial charge in [-0.25, -0.2) is 9.67 Å². The maximum Gasteiger partial charge on any atom is 0.222 e. The molecular formula is C12H17N5O. The van der Waals surface area contributed by atoms with Crippen molar-refractivity contribution >= 4 is 17.0 Å². The molecule has 1 fully saturated rings. The number of nitrogens with two attached hydrogens (primary N) is 1. The summed E-state index contributed by atoms with van der Waals surface area (Å²) in [6.07, 6.45) is 5.08. The molecule has 3 rings (SSSR count). The van der Waals surface area contributed by atoms with E-state index in [1.807, 2.05) is 11.6 Å². The van der Waals surface area contributed by atoms with Crippen LogP contribution < -0.4 is 5.73 Å². The summed E-state index contributed by atoms with van der Waals surface area (Å²) in [6, 6.07) is 0.305. The molecule has 1 aliphatic rings. The second kappa shape index (κ2) is 4.20. The largest absolute Gasteiger partial charge is 0.393 e. The van der Waals surface area contributed by atoms with Crippen LogP contribution in [0.1, 0.15) is 37.4 Å². The number of fused-ring (bicyclic) bond motifs is 1. The SMILES string of the molecule is Cc1nn(C2CCC(O)CC2)c2nc(N)ncc12. The van der Waals surface area contributed by atoms with Crippen molar-refractivity contribution in [3.05, 3.63) is 11.9 Å². The van der Waals surface area contributed by atoms with Gasteiger partial charge in [0.2, 0.25) is 5.95 Å². The van der Waals surface area contributed by atoms with Gasteiger partial charge in [0.05, 0.1) is 23.2 Å². The molecule has 0 bridgehead atoms. The molecule has 2 aromatic rings. The van der Waals surface area contributed by atoms with E-state index >= 15 is 0 Å². The first-order valence-corrected chi connectivity index (χ1v) is 6.30. The minimum absolute atomic E-state index is 0.163. The van der Waals surface area contributed by atoms with Crippen molar-refractivity contribution in [2.24, 2.45) is 0 Å². The fraction of sp³-hybridized carbons (Fsp3) is 0.583. The fourth-order valence-electron chi connectivity index (χ4n) is 2.64. The highest BCUT2D eigenvalue weighted by molar-refractivity contribution is 5.78. The molecule has 1 aliphatic carbocycles. The van der Waals surface area contributed by atoms with Crippen LogP contribution in [0.2, 0.25) is 0 Å². The third kappa shape index (κ3) is 1.82. The van der Waals surface area contributed by atoms with E-state index in [9.17, 15) is 5.11 Å². The van der Waals surface area contributed by atoms with Gasteiger partial charge in [-0.15, -0.1) is 0 Å². The Morgan fingerprint density at radius 3 is 2.78 bits per heavy atom. The van der Waals surface area contributed by atoms with Crippen molar-refractivity contribution in [2.75, 3.05) is 5.73 Å². The highest BCUT2D eigenvalue weighted by Gasteiger charge is 2.24. The van der Waals surface area contributed by atoms with Crippen LogP contribution in [-0.2, 0) is 0 Å². The van der Waals surface area contributed by atoms with Crippen LogP contribution in [0.5, 0.6) is 0 Å². The average molecular weight is 247 g/mol. The Labute approximate surface area is 105 Å². The minimum Gasteiger partial charge on any atom is -0.393 e. The molecule has 6 nitrogen and oxygen atoms in total. The summed E-state index contributed by atoms with van der Waals surface area (Å²) >= 11 is 0. The Bertz CT molecular complexity index is 571. The summed E-state index contributed by atoms with van der Waals surface area (Å²) in [5.41, 5.74) is 7.38. The predicted octanol–water partition coefficient (Wildman–Crippen LogP) is 1.19. The van der Waals surface area contributed by atoms with Crippen molar-refractivity contribution < 1.29 is 5.11 Å². The number of aromatic nitrogens is 4. The van der Waals surface area contributed by atoms with E-state index in [0.29, 0.717) is 6.04 Å². The van der Waals surface area contributed by atoms with Crippen molar-refractivity contribution in [2.45, 2.75) is 44.8 Å². The lowest BCUT2D eigenvalue weighted by molar-refractivity contribution is 0.109. The van der Waals surface area contributed by atoms with Crippen LogP contribution in [0, 0.1) is 6.92 Å². The van der Waals surface area contributed by atoms with Crippen molar-refractivity contribution in [3.63, 3.8) is 0 Å². The molecule has 96 valence electrons. The monoisotopic (exact) mass is 247 g/mol. The number of rotatable bonds is 1. The molecule has 0 saturated heterocycles. The van der Waals surface area contributed by atoms with Crippen molar-refractivity contribution in [3.8, 4) is 0 Å². The highest BCUT2D eigenvalue weighted by atomic mass is 16.3. The van der Waals surface area contributed by atoms with E-state index < -0.39 is 0 Å². The molecule has 18 heavy (non-hydrogen) atoms. The van der Waals surface area contributed by atoms with Crippen LogP contribution >= 0.6 is 0 Å². The molecular weight excluding hydrogens is 230 g/mol. The van der Waals surface area contributed by atoms with Crippen LogP contribution in [0.4, 0.5) is 5.95 Å². The zero-order valence-corrected chi connectivity index (χ0v) is 10.4. The Morgan fingerprint density at radius 1 is 1.33 bits per heavy atom. The molecule has 0 aliphatic heterocycles. The first-order chi connectivity index (χ1) is 8.65. The molecule has 0 spiro atoms. The number of aryl methyl sites for hydroxylation is 1. The highest BCUT2D eigenvalue weighted by Crippen LogP contribution is 2.31. The van der Waals surface area contributed by atoms with Crippen LogP contribution in [0.3, 0.4) is 0 Å². The van der Waals surface area contributed by atoms with Crippen molar-refractivity contribution in [1.29, 1.82) is 0 Å². The molecule has 0 radical (unpaired) electrons. The quantitative estimate of drug-likeness (QED) is 0.790. The lowest BCUT2D eigenvalue weighted by Crippen LogP contribution is -2.22. The molecule has 0 amide bonds. The lowest BCUT2D eigenvalue weighted by atomic mass is 9.93. The number of nitrogens with zero attached hydrogens (tertiary/aromatic N) is 4. The molecule has 2 aromatic heterocycles. The Kier molecular flexibility index (Phi) is 2.66. The first kappa shape index (κ1) is 11.4. The van der Waals surface area contributed by atoms with E-state index in [0.717, 1.165) is 42.4 Å². The molecule has 1 saturated carbocycles. The molecule has 0 unspecified atom stereocenters. The van der Waals surface area contributed by atoms with Gasteiger partial charge < -0.3 is 10.8 Å². The topological polar surface area (TPSA) is 89.8 Å². The first-order valence-electron chi connectivity index (χ1n) is 6.30. The van der Waals surface area contributed by atoms with Gasteiger partial charge in [0.15, 0.2) is 5.65 Å². The average Bonchev–Trinajstić information content (AvgIpc) is 2.67. The Morgan fingerprint density at radius 2 is 2.06 bits per heavy atom. The predicted molar refractivity (Wildman–Crippen MR) is 68.0 cm³/mol. The van der Waals surface area contributed by atoms with E-state index in [1.165, 1.54) is 0 Å². The molecule has 6 heteroatoms. The van der Waals surface area contributed by atoms with Gasteiger partial charge in [-0.1, -0.05) is 0 Å². The van der Waals surface area contributed by atoms with Crippen LogP contribution in [0.25, 0.3) is 11.0 Å². The van der Waals surface area contributed by atoms with Gasteiger partial charge in [-0.3, -0.25) is 0 Å². The number of anilines is 1. The third-order valence-electron chi connectivity index (χ3n) is 3.66.